The predicted molar refractivity (Wildman–Crippen MR) is 104 cm³/mol. The maximum Gasteiger partial charge on any atom is 0.193 e. The van der Waals surface area contributed by atoms with Crippen LogP contribution in [0.2, 0.25) is 10.0 Å². The number of hydrogen-bond acceptors (Lipinski definition) is 1. The lowest BCUT2D eigenvalue weighted by atomic mass is 9.94. The van der Waals surface area contributed by atoms with Crippen molar-refractivity contribution in [2.24, 2.45) is 0 Å². The summed E-state index contributed by atoms with van der Waals surface area (Å²) >= 11 is 12.8. The van der Waals surface area contributed by atoms with Gasteiger partial charge in [-0.1, -0.05) is 50.9 Å². The Hall–Kier alpha value is -1.31. The summed E-state index contributed by atoms with van der Waals surface area (Å²) in [6, 6.07) is 7.71. The highest BCUT2D eigenvalue weighted by Gasteiger charge is 2.16. The molecule has 0 radical (unpaired) electrons. The average Bonchev–Trinajstić information content (AvgIpc) is 2.61. The van der Waals surface area contributed by atoms with Gasteiger partial charge in [-0.15, -0.1) is 0 Å². The smallest absolute Gasteiger partial charge is 0.193 e. The molecule has 3 heteroatoms. The minimum absolute atomic E-state index is 0.0390. The van der Waals surface area contributed by atoms with Crippen molar-refractivity contribution in [3.63, 3.8) is 0 Å². The number of halogens is 2. The summed E-state index contributed by atoms with van der Waals surface area (Å²) in [5.74, 6) is 0.0390. The van der Waals surface area contributed by atoms with Gasteiger partial charge in [0, 0.05) is 21.2 Å². The van der Waals surface area contributed by atoms with E-state index in [9.17, 15) is 4.79 Å². The van der Waals surface area contributed by atoms with Crippen molar-refractivity contribution >= 4 is 29.0 Å². The van der Waals surface area contributed by atoms with E-state index >= 15 is 0 Å². The second-order valence-corrected chi connectivity index (χ2v) is 6.72. The van der Waals surface area contributed by atoms with E-state index in [1.807, 2.05) is 24.3 Å². The average molecular weight is 363 g/mol. The maximum atomic E-state index is 13.1. The molecule has 0 aliphatic rings. The summed E-state index contributed by atoms with van der Waals surface area (Å²) < 4.78 is 0. The fourth-order valence-electron chi connectivity index (χ4n) is 2.96. The molecule has 0 saturated heterocycles. The molecule has 0 saturated carbocycles. The molecule has 0 atom stereocenters. The maximum absolute atomic E-state index is 13.1. The van der Waals surface area contributed by atoms with Crippen molar-refractivity contribution in [2.75, 3.05) is 0 Å². The molecule has 24 heavy (non-hydrogen) atoms. The van der Waals surface area contributed by atoms with Crippen molar-refractivity contribution in [1.82, 2.24) is 0 Å². The van der Waals surface area contributed by atoms with E-state index in [-0.39, 0.29) is 5.78 Å². The first-order chi connectivity index (χ1) is 11.5. The van der Waals surface area contributed by atoms with E-state index in [1.54, 1.807) is 0 Å². The van der Waals surface area contributed by atoms with Gasteiger partial charge in [0.2, 0.25) is 0 Å². The van der Waals surface area contributed by atoms with Crippen LogP contribution in [-0.2, 0) is 25.7 Å². The zero-order valence-corrected chi connectivity index (χ0v) is 16.3. The minimum Gasteiger partial charge on any atom is -0.289 e. The van der Waals surface area contributed by atoms with Crippen LogP contribution in [0.5, 0.6) is 0 Å². The quantitative estimate of drug-likeness (QED) is 0.537. The topological polar surface area (TPSA) is 17.1 Å². The third kappa shape index (κ3) is 3.68. The van der Waals surface area contributed by atoms with Gasteiger partial charge in [0.05, 0.1) is 0 Å². The molecule has 0 aliphatic heterocycles. The Morgan fingerprint density at radius 2 is 0.917 bits per heavy atom. The van der Waals surface area contributed by atoms with Gasteiger partial charge in [0.25, 0.3) is 0 Å². The van der Waals surface area contributed by atoms with Crippen LogP contribution in [0, 0.1) is 0 Å². The lowest BCUT2D eigenvalue weighted by Gasteiger charge is -2.13. The van der Waals surface area contributed by atoms with E-state index in [4.69, 9.17) is 23.2 Å². The number of carbonyl (C=O) groups excluding carboxylic acids is 1. The standard InChI is InChI=1S/C21H24Cl2O/c1-5-13-9-17(10-14(6-2)19(13)22)21(24)18-11-15(7-3)20(23)16(8-4)12-18/h9-12H,5-8H2,1-4H3. The number of ketones is 1. The molecule has 0 aromatic heterocycles. The second kappa shape index (κ2) is 8.18. The highest BCUT2D eigenvalue weighted by molar-refractivity contribution is 6.33. The molecule has 2 aromatic rings. The third-order valence-electron chi connectivity index (χ3n) is 4.49. The second-order valence-electron chi connectivity index (χ2n) is 5.96. The minimum atomic E-state index is 0.0390. The summed E-state index contributed by atoms with van der Waals surface area (Å²) in [5, 5.41) is 1.58. The lowest BCUT2D eigenvalue weighted by molar-refractivity contribution is 0.103. The summed E-state index contributed by atoms with van der Waals surface area (Å²) in [5.41, 5.74) is 5.53. The van der Waals surface area contributed by atoms with E-state index < -0.39 is 0 Å². The summed E-state index contributed by atoms with van der Waals surface area (Å²) in [4.78, 5) is 13.1. The Morgan fingerprint density at radius 3 is 1.12 bits per heavy atom. The van der Waals surface area contributed by atoms with Crippen LogP contribution in [-0.4, -0.2) is 5.78 Å². The van der Waals surface area contributed by atoms with Gasteiger partial charge in [-0.05, 0) is 72.2 Å². The molecular weight excluding hydrogens is 339 g/mol. The Labute approximate surface area is 155 Å². The number of rotatable bonds is 6. The van der Waals surface area contributed by atoms with Crippen molar-refractivity contribution in [1.29, 1.82) is 0 Å². The Balaban J connectivity index is 2.57. The van der Waals surface area contributed by atoms with Crippen molar-refractivity contribution in [2.45, 2.75) is 53.4 Å². The Bertz CT molecular complexity index is 649. The van der Waals surface area contributed by atoms with Crippen LogP contribution in [0.4, 0.5) is 0 Å². The van der Waals surface area contributed by atoms with Crippen LogP contribution in [0.1, 0.15) is 65.9 Å². The molecular formula is C21H24Cl2O. The summed E-state index contributed by atoms with van der Waals surface area (Å²) in [7, 11) is 0. The van der Waals surface area contributed by atoms with Gasteiger partial charge in [0.15, 0.2) is 5.78 Å². The number of aryl methyl sites for hydroxylation is 4. The highest BCUT2D eigenvalue weighted by Crippen LogP contribution is 2.28. The summed E-state index contributed by atoms with van der Waals surface area (Å²) in [6.07, 6.45) is 3.25. The zero-order chi connectivity index (χ0) is 17.9. The van der Waals surface area contributed by atoms with E-state index in [0.29, 0.717) is 11.1 Å². The molecule has 1 nitrogen and oxygen atoms in total. The van der Waals surface area contributed by atoms with Crippen molar-refractivity contribution < 1.29 is 4.79 Å². The molecule has 0 aliphatic carbocycles. The number of carbonyl (C=O) groups is 1. The monoisotopic (exact) mass is 362 g/mol. The molecule has 0 heterocycles. The SMILES string of the molecule is CCc1cc(C(=O)c2cc(CC)c(Cl)c(CC)c2)cc(CC)c1Cl. The molecule has 2 rings (SSSR count). The normalized spacial score (nSPS) is 10.9. The van der Waals surface area contributed by atoms with Crippen LogP contribution in [0.3, 0.4) is 0 Å². The van der Waals surface area contributed by atoms with Gasteiger partial charge in [-0.25, -0.2) is 0 Å². The molecule has 0 bridgehead atoms. The van der Waals surface area contributed by atoms with Gasteiger partial charge in [-0.3, -0.25) is 4.79 Å². The Morgan fingerprint density at radius 1 is 0.667 bits per heavy atom. The van der Waals surface area contributed by atoms with Gasteiger partial charge >= 0.3 is 0 Å². The molecule has 128 valence electrons. The lowest BCUT2D eigenvalue weighted by Crippen LogP contribution is -2.06. The molecule has 0 fully saturated rings. The molecule has 0 N–H and O–H groups in total. The van der Waals surface area contributed by atoms with Gasteiger partial charge < -0.3 is 0 Å². The first-order valence-electron chi connectivity index (χ1n) is 8.63. The van der Waals surface area contributed by atoms with Crippen LogP contribution >= 0.6 is 23.2 Å². The van der Waals surface area contributed by atoms with E-state index in [1.165, 1.54) is 0 Å². The Kier molecular flexibility index (Phi) is 6.48. The van der Waals surface area contributed by atoms with Crippen molar-refractivity contribution in [3.05, 3.63) is 67.7 Å². The first kappa shape index (κ1) is 19.0. The molecule has 0 unspecified atom stereocenters. The fraction of sp³-hybridized carbons (Fsp3) is 0.381. The van der Waals surface area contributed by atoms with Gasteiger partial charge in [-0.2, -0.15) is 0 Å². The fourth-order valence-corrected chi connectivity index (χ4v) is 3.71. The molecule has 0 spiro atoms. The molecule has 2 aromatic carbocycles. The first-order valence-corrected chi connectivity index (χ1v) is 9.39. The zero-order valence-electron chi connectivity index (χ0n) is 14.8. The predicted octanol–water partition coefficient (Wildman–Crippen LogP) is 6.47. The number of benzene rings is 2. The third-order valence-corrected chi connectivity index (χ3v) is 5.47. The molecule has 0 amide bonds. The number of hydrogen-bond donors (Lipinski definition) is 0. The van der Waals surface area contributed by atoms with Crippen molar-refractivity contribution in [3.8, 4) is 0 Å². The van der Waals surface area contributed by atoms with Crippen LogP contribution < -0.4 is 0 Å². The van der Waals surface area contributed by atoms with Crippen LogP contribution in [0.15, 0.2) is 24.3 Å². The highest BCUT2D eigenvalue weighted by atomic mass is 35.5. The van der Waals surface area contributed by atoms with E-state index in [2.05, 4.69) is 27.7 Å². The van der Waals surface area contributed by atoms with Gasteiger partial charge in [0.1, 0.15) is 0 Å². The van der Waals surface area contributed by atoms with Crippen LogP contribution in [0.25, 0.3) is 0 Å². The largest absolute Gasteiger partial charge is 0.289 e. The van der Waals surface area contributed by atoms with E-state index in [0.717, 1.165) is 58.0 Å². The summed E-state index contributed by atoms with van der Waals surface area (Å²) in [6.45, 7) is 8.23.